The van der Waals surface area contributed by atoms with Crippen LogP contribution in [0.3, 0.4) is 0 Å². The molecule has 3 rings (SSSR count). The van der Waals surface area contributed by atoms with Crippen LogP contribution in [0.15, 0.2) is 60.7 Å². The second-order valence-corrected chi connectivity index (χ2v) is 7.28. The predicted molar refractivity (Wildman–Crippen MR) is 126 cm³/mol. The third kappa shape index (κ3) is 5.79. The van der Waals surface area contributed by atoms with Gasteiger partial charge < -0.3 is 14.8 Å². The van der Waals surface area contributed by atoms with Crippen molar-refractivity contribution in [3.63, 3.8) is 0 Å². The number of thiocarbonyl (C=S) groups is 1. The summed E-state index contributed by atoms with van der Waals surface area (Å²) in [5, 5.41) is 7.65. The van der Waals surface area contributed by atoms with Crippen LogP contribution in [0.1, 0.15) is 40.5 Å². The van der Waals surface area contributed by atoms with Crippen LogP contribution >= 0.6 is 12.2 Å². The van der Waals surface area contributed by atoms with Gasteiger partial charge in [0.2, 0.25) is 0 Å². The lowest BCUT2D eigenvalue weighted by atomic mass is 10.1. The van der Waals surface area contributed by atoms with Crippen LogP contribution < -0.4 is 15.4 Å². The highest BCUT2D eigenvalue weighted by Crippen LogP contribution is 2.26. The van der Waals surface area contributed by atoms with Crippen molar-refractivity contribution in [1.29, 1.82) is 0 Å². The van der Waals surface area contributed by atoms with Gasteiger partial charge in [-0.3, -0.25) is 10.1 Å². The number of hydrogen-bond donors (Lipinski definition) is 2. The number of unbranched alkanes of at least 4 members (excludes halogenated alkanes) is 1. The maximum Gasteiger partial charge on any atom is 0.338 e. The number of esters is 1. The molecular weight excluding hydrogens is 412 g/mol. The molecule has 0 saturated heterocycles. The summed E-state index contributed by atoms with van der Waals surface area (Å²) in [7, 11) is 1.52. The van der Waals surface area contributed by atoms with E-state index in [2.05, 4.69) is 10.6 Å². The molecule has 2 N–H and O–H groups in total. The number of benzene rings is 3. The molecule has 3 aromatic carbocycles. The van der Waals surface area contributed by atoms with Crippen LogP contribution in [0, 0.1) is 0 Å². The van der Waals surface area contributed by atoms with Gasteiger partial charge in [-0.05, 0) is 65.8 Å². The highest BCUT2D eigenvalue weighted by molar-refractivity contribution is 7.80. The van der Waals surface area contributed by atoms with Crippen molar-refractivity contribution >= 4 is 45.7 Å². The smallest absolute Gasteiger partial charge is 0.338 e. The van der Waals surface area contributed by atoms with E-state index in [1.54, 1.807) is 30.3 Å². The minimum absolute atomic E-state index is 0.137. The number of rotatable bonds is 7. The molecule has 6 nitrogen and oxygen atoms in total. The van der Waals surface area contributed by atoms with Gasteiger partial charge in [-0.15, -0.1) is 0 Å². The van der Waals surface area contributed by atoms with Gasteiger partial charge in [0, 0.05) is 5.69 Å². The van der Waals surface area contributed by atoms with E-state index in [0.29, 0.717) is 29.2 Å². The molecule has 3 aromatic rings. The fourth-order valence-corrected chi connectivity index (χ4v) is 3.19. The number of nitrogens with one attached hydrogen (secondary N) is 2. The van der Waals surface area contributed by atoms with Gasteiger partial charge in [-0.25, -0.2) is 4.79 Å². The average molecular weight is 437 g/mol. The number of carbonyl (C=O) groups excluding carboxylic acids is 2. The summed E-state index contributed by atoms with van der Waals surface area (Å²) >= 11 is 5.27. The first-order valence-electron chi connectivity index (χ1n) is 9.98. The Bertz CT molecular complexity index is 1100. The normalized spacial score (nSPS) is 10.4. The van der Waals surface area contributed by atoms with Crippen molar-refractivity contribution in [1.82, 2.24) is 5.32 Å². The first-order chi connectivity index (χ1) is 15.0. The number of amides is 1. The number of hydrogen-bond acceptors (Lipinski definition) is 5. The van der Waals surface area contributed by atoms with Gasteiger partial charge in [0.1, 0.15) is 5.75 Å². The van der Waals surface area contributed by atoms with Gasteiger partial charge in [-0.1, -0.05) is 37.6 Å². The third-order valence-electron chi connectivity index (χ3n) is 4.65. The largest absolute Gasteiger partial charge is 0.496 e. The lowest BCUT2D eigenvalue weighted by molar-refractivity contribution is 0.0499. The summed E-state index contributed by atoms with van der Waals surface area (Å²) in [5.41, 5.74) is 1.48. The fraction of sp³-hybridized carbons (Fsp3) is 0.208. The molecular formula is C24H24N2O4S. The van der Waals surface area contributed by atoms with Crippen molar-refractivity contribution in [2.45, 2.75) is 19.8 Å². The van der Waals surface area contributed by atoms with Gasteiger partial charge in [0.25, 0.3) is 5.91 Å². The molecule has 0 bridgehead atoms. The molecule has 0 atom stereocenters. The minimum atomic E-state index is -0.378. The number of anilines is 1. The molecule has 0 fully saturated rings. The zero-order valence-electron chi connectivity index (χ0n) is 17.4. The Morgan fingerprint density at radius 2 is 1.68 bits per heavy atom. The Balaban J connectivity index is 1.63. The lowest BCUT2D eigenvalue weighted by Crippen LogP contribution is -2.34. The standard InChI is InChI=1S/C24H24N2O4S/c1-3-4-13-30-23(28)16-9-11-19(12-10-16)25-24(31)26-22(27)20-14-17-7-5-6-8-18(17)15-21(20)29-2/h5-12,14-15H,3-4,13H2,1-2H3,(H2,25,26,27,31). The molecule has 0 heterocycles. The topological polar surface area (TPSA) is 76.7 Å². The van der Waals surface area contributed by atoms with Crippen molar-refractivity contribution in [3.8, 4) is 5.75 Å². The van der Waals surface area contributed by atoms with Crippen LogP contribution in [0.4, 0.5) is 5.69 Å². The first-order valence-corrected chi connectivity index (χ1v) is 10.4. The molecule has 0 unspecified atom stereocenters. The highest BCUT2D eigenvalue weighted by Gasteiger charge is 2.15. The predicted octanol–water partition coefficient (Wildman–Crippen LogP) is 4.93. The first kappa shape index (κ1) is 22.2. The van der Waals surface area contributed by atoms with Gasteiger partial charge in [0.05, 0.1) is 24.8 Å². The molecule has 1 amide bonds. The molecule has 160 valence electrons. The van der Waals surface area contributed by atoms with Crippen molar-refractivity contribution in [3.05, 3.63) is 71.8 Å². The van der Waals surface area contributed by atoms with E-state index in [-0.39, 0.29) is 17.0 Å². The summed E-state index contributed by atoms with van der Waals surface area (Å²) < 4.78 is 10.6. The Kier molecular flexibility index (Phi) is 7.56. The molecule has 0 spiro atoms. The van der Waals surface area contributed by atoms with Crippen LogP contribution in [-0.4, -0.2) is 30.7 Å². The van der Waals surface area contributed by atoms with Crippen molar-refractivity contribution < 1.29 is 19.1 Å². The summed E-state index contributed by atoms with van der Waals surface area (Å²) in [6.07, 6.45) is 1.80. The zero-order valence-corrected chi connectivity index (χ0v) is 18.3. The molecule has 0 aromatic heterocycles. The van der Waals surface area contributed by atoms with Crippen molar-refractivity contribution in [2.24, 2.45) is 0 Å². The molecule has 0 saturated carbocycles. The minimum Gasteiger partial charge on any atom is -0.496 e. The summed E-state index contributed by atoms with van der Waals surface area (Å²) in [5.74, 6) is -0.277. The van der Waals surface area contributed by atoms with E-state index in [1.165, 1.54) is 7.11 Å². The monoisotopic (exact) mass is 436 g/mol. The van der Waals surface area contributed by atoms with Gasteiger partial charge >= 0.3 is 5.97 Å². The quantitative estimate of drug-likeness (QED) is 0.311. The van der Waals surface area contributed by atoms with E-state index < -0.39 is 0 Å². The molecule has 7 heteroatoms. The van der Waals surface area contributed by atoms with Gasteiger partial charge in [0.15, 0.2) is 5.11 Å². The van der Waals surface area contributed by atoms with Crippen LogP contribution in [0.25, 0.3) is 10.8 Å². The van der Waals surface area contributed by atoms with Crippen LogP contribution in [0.2, 0.25) is 0 Å². The van der Waals surface area contributed by atoms with E-state index in [1.807, 2.05) is 37.3 Å². The third-order valence-corrected chi connectivity index (χ3v) is 4.85. The number of fused-ring (bicyclic) bond motifs is 1. The average Bonchev–Trinajstić information content (AvgIpc) is 2.78. The second kappa shape index (κ2) is 10.5. The molecule has 0 radical (unpaired) electrons. The molecule has 31 heavy (non-hydrogen) atoms. The van der Waals surface area contributed by atoms with E-state index in [0.717, 1.165) is 23.6 Å². The maximum absolute atomic E-state index is 12.8. The zero-order chi connectivity index (χ0) is 22.2. The maximum atomic E-state index is 12.8. The van der Waals surface area contributed by atoms with E-state index >= 15 is 0 Å². The fourth-order valence-electron chi connectivity index (χ4n) is 2.98. The number of methoxy groups -OCH3 is 1. The highest BCUT2D eigenvalue weighted by atomic mass is 32.1. The molecule has 0 aliphatic heterocycles. The summed E-state index contributed by atoms with van der Waals surface area (Å²) in [6.45, 7) is 2.44. The lowest BCUT2D eigenvalue weighted by Gasteiger charge is -2.13. The van der Waals surface area contributed by atoms with Crippen LogP contribution in [-0.2, 0) is 4.74 Å². The summed E-state index contributed by atoms with van der Waals surface area (Å²) in [4.78, 5) is 24.7. The van der Waals surface area contributed by atoms with E-state index in [9.17, 15) is 9.59 Å². The SMILES string of the molecule is CCCCOC(=O)c1ccc(NC(=S)NC(=O)c2cc3ccccc3cc2OC)cc1. The second-order valence-electron chi connectivity index (χ2n) is 6.87. The Hall–Kier alpha value is -3.45. The van der Waals surface area contributed by atoms with Crippen LogP contribution in [0.5, 0.6) is 5.75 Å². The Morgan fingerprint density at radius 1 is 1.00 bits per heavy atom. The Morgan fingerprint density at radius 3 is 2.32 bits per heavy atom. The number of ether oxygens (including phenoxy) is 2. The summed E-state index contributed by atoms with van der Waals surface area (Å²) in [6, 6.07) is 18.0. The number of carbonyl (C=O) groups is 2. The Labute approximate surface area is 186 Å². The molecule has 0 aliphatic rings. The van der Waals surface area contributed by atoms with Gasteiger partial charge in [-0.2, -0.15) is 0 Å². The van der Waals surface area contributed by atoms with Crippen molar-refractivity contribution in [2.75, 3.05) is 19.0 Å². The molecule has 0 aliphatic carbocycles. The van der Waals surface area contributed by atoms with E-state index in [4.69, 9.17) is 21.7 Å².